The molecule has 1 aliphatic heterocycles. The minimum Gasteiger partial charge on any atom is -0.349 e. The number of urea groups is 1. The van der Waals surface area contributed by atoms with Crippen LogP contribution in [0.1, 0.15) is 31.4 Å². The third-order valence-electron chi connectivity index (χ3n) is 5.66. The molecule has 3 aromatic rings. The Bertz CT molecular complexity index is 1000. The lowest BCUT2D eigenvalue weighted by molar-refractivity contribution is -0.126. The van der Waals surface area contributed by atoms with Crippen molar-refractivity contribution in [1.82, 2.24) is 19.8 Å². The fourth-order valence-electron chi connectivity index (χ4n) is 3.86. The molecule has 1 aromatic heterocycles. The van der Waals surface area contributed by atoms with Gasteiger partial charge in [-0.25, -0.2) is 9.78 Å². The Morgan fingerprint density at radius 2 is 1.87 bits per heavy atom. The van der Waals surface area contributed by atoms with Gasteiger partial charge >= 0.3 is 6.03 Å². The van der Waals surface area contributed by atoms with Gasteiger partial charge in [0.15, 0.2) is 0 Å². The molecule has 31 heavy (non-hydrogen) atoms. The molecular weight excluding hydrogens is 390 g/mol. The van der Waals surface area contributed by atoms with Gasteiger partial charge in [0.2, 0.25) is 5.91 Å². The van der Waals surface area contributed by atoms with Gasteiger partial charge < -0.3 is 20.1 Å². The van der Waals surface area contributed by atoms with Crippen LogP contribution in [0.2, 0.25) is 0 Å². The highest BCUT2D eigenvalue weighted by molar-refractivity contribution is 5.90. The summed E-state index contributed by atoms with van der Waals surface area (Å²) >= 11 is 0. The second-order valence-corrected chi connectivity index (χ2v) is 7.87. The van der Waals surface area contributed by atoms with Crippen molar-refractivity contribution in [2.24, 2.45) is 5.92 Å². The van der Waals surface area contributed by atoms with E-state index in [9.17, 15) is 9.59 Å². The third kappa shape index (κ3) is 5.12. The van der Waals surface area contributed by atoms with Crippen LogP contribution in [0, 0.1) is 5.92 Å². The van der Waals surface area contributed by atoms with Gasteiger partial charge in [0, 0.05) is 36.9 Å². The number of aromatic nitrogens is 2. The Hall–Kier alpha value is -3.61. The summed E-state index contributed by atoms with van der Waals surface area (Å²) in [5.74, 6) is -0.216. The van der Waals surface area contributed by atoms with E-state index >= 15 is 0 Å². The Balaban J connectivity index is 1.32. The highest BCUT2D eigenvalue weighted by Crippen LogP contribution is 2.21. The molecule has 7 heteroatoms. The highest BCUT2D eigenvalue weighted by Gasteiger charge is 2.29. The zero-order valence-electron chi connectivity index (χ0n) is 17.6. The molecule has 160 valence electrons. The predicted octanol–water partition coefficient (Wildman–Crippen LogP) is 3.99. The topological polar surface area (TPSA) is 79.3 Å². The number of hydrogen-bond donors (Lipinski definition) is 2. The molecule has 4 rings (SSSR count). The summed E-state index contributed by atoms with van der Waals surface area (Å²) in [6, 6.07) is 17.1. The van der Waals surface area contributed by atoms with Crippen LogP contribution in [-0.4, -0.2) is 39.5 Å². The maximum atomic E-state index is 12.9. The van der Waals surface area contributed by atoms with Gasteiger partial charge in [-0.3, -0.25) is 4.79 Å². The van der Waals surface area contributed by atoms with E-state index < -0.39 is 0 Å². The first-order valence-corrected chi connectivity index (χ1v) is 10.6. The fourth-order valence-corrected chi connectivity index (χ4v) is 3.86. The van der Waals surface area contributed by atoms with E-state index in [0.717, 1.165) is 29.8 Å². The molecule has 0 unspecified atom stereocenters. The van der Waals surface area contributed by atoms with Crippen LogP contribution in [0.5, 0.6) is 0 Å². The lowest BCUT2D eigenvalue weighted by Crippen LogP contribution is -2.47. The van der Waals surface area contributed by atoms with Crippen LogP contribution in [0.3, 0.4) is 0 Å². The molecule has 1 aliphatic rings. The number of rotatable bonds is 5. The average Bonchev–Trinajstić information content (AvgIpc) is 3.35. The fraction of sp³-hybridized carbons (Fsp3) is 0.292. The molecule has 0 aliphatic carbocycles. The van der Waals surface area contributed by atoms with Gasteiger partial charge in [-0.2, -0.15) is 0 Å². The highest BCUT2D eigenvalue weighted by atomic mass is 16.2. The Morgan fingerprint density at radius 3 is 2.58 bits per heavy atom. The number of carbonyl (C=O) groups is 2. The summed E-state index contributed by atoms with van der Waals surface area (Å²) in [5.41, 5.74) is 2.81. The zero-order valence-corrected chi connectivity index (χ0v) is 17.6. The first-order valence-electron chi connectivity index (χ1n) is 10.6. The molecular formula is C24H27N5O2. The Kier molecular flexibility index (Phi) is 6.31. The minimum atomic E-state index is -0.206. The van der Waals surface area contributed by atoms with Gasteiger partial charge in [0.1, 0.15) is 0 Å². The number of anilines is 1. The lowest BCUT2D eigenvalue weighted by atomic mass is 9.96. The number of likely N-dealkylation sites (tertiary alicyclic amines) is 1. The Morgan fingerprint density at radius 1 is 1.10 bits per heavy atom. The largest absolute Gasteiger partial charge is 0.349 e. The van der Waals surface area contributed by atoms with Crippen molar-refractivity contribution in [1.29, 1.82) is 0 Å². The number of amides is 3. The normalized spacial score (nSPS) is 17.1. The number of nitrogens with one attached hydrogen (secondary N) is 2. The van der Waals surface area contributed by atoms with Crippen molar-refractivity contribution in [3.8, 4) is 5.69 Å². The number of nitrogens with zero attached hydrogens (tertiary/aromatic N) is 3. The SMILES string of the molecule is C[C@@H](NC(=O)[C@H]1CCCN(C(=O)Nc2ccccc2)C1)c1ccc(-n2ccnc2)cc1. The number of benzene rings is 2. The molecule has 2 N–H and O–H groups in total. The molecule has 0 spiro atoms. The quantitative estimate of drug-likeness (QED) is 0.659. The lowest BCUT2D eigenvalue weighted by Gasteiger charge is -2.32. The van der Waals surface area contributed by atoms with E-state index in [2.05, 4.69) is 15.6 Å². The summed E-state index contributed by atoms with van der Waals surface area (Å²) in [7, 11) is 0. The first kappa shape index (κ1) is 20.7. The van der Waals surface area contributed by atoms with E-state index in [4.69, 9.17) is 0 Å². The van der Waals surface area contributed by atoms with Crippen LogP contribution in [0.25, 0.3) is 5.69 Å². The monoisotopic (exact) mass is 417 g/mol. The van der Waals surface area contributed by atoms with Crippen LogP contribution >= 0.6 is 0 Å². The van der Waals surface area contributed by atoms with Crippen LogP contribution < -0.4 is 10.6 Å². The van der Waals surface area contributed by atoms with Crippen molar-refractivity contribution in [2.75, 3.05) is 18.4 Å². The van der Waals surface area contributed by atoms with Crippen LogP contribution in [0.4, 0.5) is 10.5 Å². The summed E-state index contributed by atoms with van der Waals surface area (Å²) < 4.78 is 1.93. The molecule has 1 saturated heterocycles. The molecule has 7 nitrogen and oxygen atoms in total. The van der Waals surface area contributed by atoms with Crippen molar-refractivity contribution in [3.63, 3.8) is 0 Å². The van der Waals surface area contributed by atoms with Crippen molar-refractivity contribution in [2.45, 2.75) is 25.8 Å². The van der Waals surface area contributed by atoms with Gasteiger partial charge in [-0.1, -0.05) is 30.3 Å². The number of hydrogen-bond acceptors (Lipinski definition) is 3. The summed E-state index contributed by atoms with van der Waals surface area (Å²) in [4.78, 5) is 31.3. The third-order valence-corrected chi connectivity index (χ3v) is 5.66. The van der Waals surface area contributed by atoms with Crippen molar-refractivity contribution < 1.29 is 9.59 Å². The van der Waals surface area contributed by atoms with Crippen molar-refractivity contribution in [3.05, 3.63) is 78.9 Å². The van der Waals surface area contributed by atoms with Gasteiger partial charge in [-0.05, 0) is 49.6 Å². The average molecular weight is 418 g/mol. The van der Waals surface area contributed by atoms with E-state index in [0.29, 0.717) is 13.1 Å². The van der Waals surface area contributed by atoms with Gasteiger partial charge in [0.25, 0.3) is 0 Å². The van der Waals surface area contributed by atoms with Crippen LogP contribution in [-0.2, 0) is 4.79 Å². The van der Waals surface area contributed by atoms with Crippen molar-refractivity contribution >= 4 is 17.6 Å². The second kappa shape index (κ2) is 9.47. The maximum Gasteiger partial charge on any atom is 0.321 e. The Labute approximate surface area is 182 Å². The molecule has 2 atom stereocenters. The van der Waals surface area contributed by atoms with Crippen LogP contribution in [0.15, 0.2) is 73.3 Å². The first-order chi connectivity index (χ1) is 15.1. The molecule has 1 fully saturated rings. The van der Waals surface area contributed by atoms with E-state index in [1.54, 1.807) is 17.4 Å². The molecule has 2 heterocycles. The molecule has 0 radical (unpaired) electrons. The minimum absolute atomic E-state index is 0.0107. The molecule has 3 amide bonds. The molecule has 0 saturated carbocycles. The maximum absolute atomic E-state index is 12.9. The second-order valence-electron chi connectivity index (χ2n) is 7.87. The van der Waals surface area contributed by atoms with E-state index in [1.165, 1.54) is 0 Å². The van der Waals surface area contributed by atoms with E-state index in [-0.39, 0.29) is 23.9 Å². The number of piperidine rings is 1. The number of para-hydroxylation sites is 1. The smallest absolute Gasteiger partial charge is 0.321 e. The summed E-state index contributed by atoms with van der Waals surface area (Å²) in [6.07, 6.45) is 6.98. The zero-order chi connectivity index (χ0) is 21.6. The number of imidazole rings is 1. The summed E-state index contributed by atoms with van der Waals surface area (Å²) in [6.45, 7) is 3.07. The molecule has 0 bridgehead atoms. The predicted molar refractivity (Wildman–Crippen MR) is 120 cm³/mol. The molecule has 2 aromatic carbocycles. The van der Waals surface area contributed by atoms with Gasteiger partial charge in [0.05, 0.1) is 18.3 Å². The van der Waals surface area contributed by atoms with Gasteiger partial charge in [-0.15, -0.1) is 0 Å². The number of carbonyl (C=O) groups excluding carboxylic acids is 2. The standard InChI is InChI=1S/C24H27N5O2/c1-18(19-9-11-22(12-10-19)29-15-13-25-17-29)26-23(30)20-6-5-14-28(16-20)24(31)27-21-7-3-2-4-8-21/h2-4,7-13,15,17-18,20H,5-6,14,16H2,1H3,(H,26,30)(H,27,31)/t18-,20+/m1/s1. The van der Waals surface area contributed by atoms with E-state index in [1.807, 2.05) is 72.3 Å². The summed E-state index contributed by atoms with van der Waals surface area (Å²) in [5, 5.41) is 6.02.